The van der Waals surface area contributed by atoms with E-state index < -0.39 is 10.0 Å². The van der Waals surface area contributed by atoms with Crippen LogP contribution in [-0.4, -0.2) is 71.5 Å². The lowest BCUT2D eigenvalue weighted by Gasteiger charge is -2.36. The van der Waals surface area contributed by atoms with Crippen LogP contribution in [0.3, 0.4) is 0 Å². The van der Waals surface area contributed by atoms with Gasteiger partial charge in [-0.3, -0.25) is 4.68 Å². The van der Waals surface area contributed by atoms with E-state index in [4.69, 9.17) is 4.74 Å². The third-order valence-electron chi connectivity index (χ3n) is 7.31. The minimum absolute atomic E-state index is 0.261. The van der Waals surface area contributed by atoms with Crippen LogP contribution in [0.15, 0.2) is 59.8 Å². The van der Waals surface area contributed by atoms with Crippen molar-refractivity contribution in [1.82, 2.24) is 24.3 Å². The molecular weight excluding hydrogens is 522 g/mol. The van der Waals surface area contributed by atoms with Crippen molar-refractivity contribution in [3.8, 4) is 5.75 Å². The van der Waals surface area contributed by atoms with Crippen molar-refractivity contribution in [2.75, 3.05) is 36.9 Å². The Hall–Kier alpha value is -3.22. The van der Waals surface area contributed by atoms with Crippen molar-refractivity contribution in [1.29, 1.82) is 0 Å². The highest BCUT2D eigenvalue weighted by Gasteiger charge is 2.31. The molecule has 0 radical (unpaired) electrons. The Labute approximate surface area is 226 Å². The first-order valence-corrected chi connectivity index (χ1v) is 15.1. The van der Waals surface area contributed by atoms with Gasteiger partial charge in [-0.2, -0.15) is 4.31 Å². The molecule has 1 N–H and O–H groups in total. The first kappa shape index (κ1) is 25.1. The summed E-state index contributed by atoms with van der Waals surface area (Å²) in [6.45, 7) is 4.70. The van der Waals surface area contributed by atoms with Crippen LogP contribution in [0.25, 0.3) is 10.2 Å². The number of hydrogen-bond acceptors (Lipinski definition) is 9. The second kappa shape index (κ2) is 10.2. The second-order valence-electron chi connectivity index (χ2n) is 9.98. The van der Waals surface area contributed by atoms with Gasteiger partial charge in [-0.1, -0.05) is 28.7 Å². The Morgan fingerprint density at radius 1 is 1.21 bits per heavy atom. The molecule has 0 spiro atoms. The molecule has 1 atom stereocenters. The van der Waals surface area contributed by atoms with Gasteiger partial charge >= 0.3 is 0 Å². The fourth-order valence-corrected chi connectivity index (χ4v) is 7.52. The largest absolute Gasteiger partial charge is 0.485 e. The number of likely N-dealkylation sites (N-methyl/N-ethyl adjacent to an activating group) is 2. The molecule has 1 aliphatic carbocycles. The fourth-order valence-electron chi connectivity index (χ4n) is 5.24. The SMILES string of the molecule is CCN1CC(CN(C)S(=O)(=O)c2ccc3nc(NC4CC(Cn5ccnn5)C4)sc3c2)Oc2ccccc21. The standard InChI is InChI=1S/C26H31N7O3S2/c1-3-32-17-20(36-24-7-5-4-6-23(24)32)16-31(2)38(34,35)21-8-9-22-25(14-21)37-26(29-22)28-19-12-18(13-19)15-33-11-10-27-30-33/h4-11,14,18-20H,3,12-13,15-17H2,1-2H3,(H,28,29). The van der Waals surface area contributed by atoms with E-state index in [0.717, 1.165) is 52.7 Å². The molecule has 3 heterocycles. The molecule has 0 saturated heterocycles. The van der Waals surface area contributed by atoms with Gasteiger partial charge in [0.1, 0.15) is 11.9 Å². The van der Waals surface area contributed by atoms with Crippen LogP contribution in [0.4, 0.5) is 10.8 Å². The van der Waals surface area contributed by atoms with Gasteiger partial charge in [0, 0.05) is 32.4 Å². The maximum atomic E-state index is 13.5. The van der Waals surface area contributed by atoms with Crippen LogP contribution >= 0.6 is 11.3 Å². The van der Waals surface area contributed by atoms with E-state index in [-0.39, 0.29) is 17.5 Å². The van der Waals surface area contributed by atoms with Gasteiger partial charge in [0.2, 0.25) is 10.0 Å². The first-order valence-electron chi connectivity index (χ1n) is 12.9. The summed E-state index contributed by atoms with van der Waals surface area (Å²) < 4.78 is 37.2. The summed E-state index contributed by atoms with van der Waals surface area (Å²) in [5.41, 5.74) is 1.84. The smallest absolute Gasteiger partial charge is 0.242 e. The molecular formula is C26H31N7O3S2. The van der Waals surface area contributed by atoms with Crippen molar-refractivity contribution < 1.29 is 13.2 Å². The van der Waals surface area contributed by atoms with E-state index >= 15 is 0 Å². The predicted octanol–water partition coefficient (Wildman–Crippen LogP) is 3.69. The Balaban J connectivity index is 1.10. The van der Waals surface area contributed by atoms with Crippen LogP contribution in [0.1, 0.15) is 19.8 Å². The lowest BCUT2D eigenvalue weighted by Crippen LogP contribution is -2.46. The Morgan fingerprint density at radius 2 is 2.05 bits per heavy atom. The fraction of sp³-hybridized carbons (Fsp3) is 0.423. The van der Waals surface area contributed by atoms with Gasteiger partial charge < -0.3 is 15.0 Å². The molecule has 0 amide bonds. The van der Waals surface area contributed by atoms with Gasteiger partial charge in [-0.05, 0) is 56.0 Å². The number of para-hydroxylation sites is 2. The monoisotopic (exact) mass is 553 g/mol. The summed E-state index contributed by atoms with van der Waals surface area (Å²) in [7, 11) is -2.07. The van der Waals surface area contributed by atoms with Gasteiger partial charge in [-0.25, -0.2) is 13.4 Å². The predicted molar refractivity (Wildman–Crippen MR) is 148 cm³/mol. The molecule has 4 aromatic rings. The summed E-state index contributed by atoms with van der Waals surface area (Å²) >= 11 is 1.49. The number of thiazole rings is 1. The number of fused-ring (bicyclic) bond motifs is 2. The minimum Gasteiger partial charge on any atom is -0.485 e. The van der Waals surface area contributed by atoms with Gasteiger partial charge in [0.25, 0.3) is 0 Å². The minimum atomic E-state index is -3.69. The van der Waals surface area contributed by atoms with E-state index in [1.54, 1.807) is 31.4 Å². The third-order valence-corrected chi connectivity index (χ3v) is 10.1. The van der Waals surface area contributed by atoms with Crippen molar-refractivity contribution >= 4 is 42.4 Å². The molecule has 1 saturated carbocycles. The average molecular weight is 554 g/mol. The number of anilines is 2. The molecule has 2 aliphatic rings. The second-order valence-corrected chi connectivity index (χ2v) is 13.1. The van der Waals surface area contributed by atoms with Crippen LogP contribution in [0, 0.1) is 5.92 Å². The van der Waals surface area contributed by atoms with E-state index in [1.807, 2.05) is 35.1 Å². The van der Waals surface area contributed by atoms with Crippen molar-refractivity contribution in [2.24, 2.45) is 5.92 Å². The van der Waals surface area contributed by atoms with Crippen LogP contribution in [0.2, 0.25) is 0 Å². The van der Waals surface area contributed by atoms with Crippen molar-refractivity contribution in [3.63, 3.8) is 0 Å². The highest BCUT2D eigenvalue weighted by Crippen LogP contribution is 2.36. The number of benzene rings is 2. The molecule has 1 fully saturated rings. The number of nitrogens with zero attached hydrogens (tertiary/aromatic N) is 6. The molecule has 1 unspecified atom stereocenters. The Bertz CT molecular complexity index is 1520. The molecule has 12 heteroatoms. The molecule has 6 rings (SSSR count). The van der Waals surface area contributed by atoms with Crippen LogP contribution in [0.5, 0.6) is 5.75 Å². The van der Waals surface area contributed by atoms with Gasteiger partial charge in [-0.15, -0.1) is 5.10 Å². The molecule has 0 bridgehead atoms. The number of nitrogens with one attached hydrogen (secondary N) is 1. The summed E-state index contributed by atoms with van der Waals surface area (Å²) in [5.74, 6) is 1.36. The molecule has 1 aliphatic heterocycles. The summed E-state index contributed by atoms with van der Waals surface area (Å²) in [6.07, 6.45) is 5.42. The average Bonchev–Trinajstić information content (AvgIpc) is 3.55. The van der Waals surface area contributed by atoms with Crippen LogP contribution < -0.4 is 15.0 Å². The molecule has 2 aromatic carbocycles. The zero-order chi connectivity index (χ0) is 26.3. The van der Waals surface area contributed by atoms with E-state index in [1.165, 1.54) is 15.6 Å². The van der Waals surface area contributed by atoms with Gasteiger partial charge in [0.15, 0.2) is 5.13 Å². The Morgan fingerprint density at radius 3 is 2.84 bits per heavy atom. The normalized spacial score (nSPS) is 21.2. The molecule has 10 nitrogen and oxygen atoms in total. The maximum Gasteiger partial charge on any atom is 0.242 e. The number of ether oxygens (including phenoxy) is 1. The van der Waals surface area contributed by atoms with E-state index in [2.05, 4.69) is 32.4 Å². The summed E-state index contributed by atoms with van der Waals surface area (Å²) in [4.78, 5) is 7.17. The number of sulfonamides is 1. The maximum absolute atomic E-state index is 13.5. The lowest BCUT2D eigenvalue weighted by molar-refractivity contribution is 0.171. The van der Waals surface area contributed by atoms with Crippen molar-refractivity contribution in [2.45, 2.75) is 43.4 Å². The first-order chi connectivity index (χ1) is 18.4. The lowest BCUT2D eigenvalue weighted by atomic mass is 9.80. The highest BCUT2D eigenvalue weighted by molar-refractivity contribution is 7.89. The zero-order valence-corrected chi connectivity index (χ0v) is 23.0. The Kier molecular flexibility index (Phi) is 6.70. The van der Waals surface area contributed by atoms with Gasteiger partial charge in [0.05, 0.1) is 40.1 Å². The van der Waals surface area contributed by atoms with E-state index in [0.29, 0.717) is 18.5 Å². The quantitative estimate of drug-likeness (QED) is 0.335. The number of aromatic nitrogens is 4. The molecule has 2 aromatic heterocycles. The number of rotatable bonds is 9. The highest BCUT2D eigenvalue weighted by atomic mass is 32.2. The third kappa shape index (κ3) is 4.95. The summed E-state index contributed by atoms with van der Waals surface area (Å²) in [6, 6.07) is 13.4. The van der Waals surface area contributed by atoms with Crippen molar-refractivity contribution in [3.05, 3.63) is 54.9 Å². The van der Waals surface area contributed by atoms with E-state index in [9.17, 15) is 8.42 Å². The number of hydrogen-bond donors (Lipinski definition) is 1. The molecule has 200 valence electrons. The molecule has 38 heavy (non-hydrogen) atoms. The summed E-state index contributed by atoms with van der Waals surface area (Å²) in [5, 5.41) is 12.2. The zero-order valence-electron chi connectivity index (χ0n) is 21.4. The topological polar surface area (TPSA) is 105 Å². The van der Waals surface area contributed by atoms with Crippen LogP contribution in [-0.2, 0) is 16.6 Å².